The van der Waals surface area contributed by atoms with Gasteiger partial charge in [-0.25, -0.2) is 0 Å². The third-order valence-electron chi connectivity index (χ3n) is 4.84. The van der Waals surface area contributed by atoms with Crippen LogP contribution in [0.1, 0.15) is 45.7 Å². The highest BCUT2D eigenvalue weighted by Crippen LogP contribution is 2.37. The predicted molar refractivity (Wildman–Crippen MR) is 88.1 cm³/mol. The lowest BCUT2D eigenvalue weighted by molar-refractivity contribution is 0.00578. The number of hydrogen-bond acceptors (Lipinski definition) is 2. The smallest absolute Gasteiger partial charge is 0.399 e. The van der Waals surface area contributed by atoms with Gasteiger partial charge < -0.3 is 9.31 Å². The van der Waals surface area contributed by atoms with Crippen LogP contribution in [0, 0.1) is 0 Å². The third-order valence-corrected chi connectivity index (χ3v) is 6.88. The van der Waals surface area contributed by atoms with E-state index in [0.717, 1.165) is 0 Å². The Bertz CT molecular complexity index is 469. The van der Waals surface area contributed by atoms with E-state index in [0.29, 0.717) is 5.54 Å². The van der Waals surface area contributed by atoms with Gasteiger partial charge in [0.1, 0.15) is 0 Å². The normalized spacial score (nSPS) is 22.3. The maximum atomic E-state index is 6.21. The summed E-state index contributed by atoms with van der Waals surface area (Å²) < 4.78 is 12.4. The van der Waals surface area contributed by atoms with Crippen LogP contribution in [-0.4, -0.2) is 27.1 Å². The monoisotopic (exact) mass is 289 g/mol. The molecule has 0 amide bonds. The molecule has 0 spiro atoms. The topological polar surface area (TPSA) is 18.5 Å². The van der Waals surface area contributed by atoms with E-state index in [-0.39, 0.29) is 27.1 Å². The Morgan fingerprint density at radius 2 is 1.50 bits per heavy atom. The first kappa shape index (κ1) is 15.8. The van der Waals surface area contributed by atoms with E-state index < -0.39 is 0 Å². The molecule has 20 heavy (non-hydrogen) atoms. The van der Waals surface area contributed by atoms with Crippen LogP contribution in [0.2, 0.25) is 13.1 Å². The quantitative estimate of drug-likeness (QED) is 0.794. The summed E-state index contributed by atoms with van der Waals surface area (Å²) >= 11 is 0. The van der Waals surface area contributed by atoms with Crippen molar-refractivity contribution in [2.24, 2.45) is 0 Å². The fraction of sp³-hybridized carbons (Fsp3) is 0.625. The average Bonchev–Trinajstić information content (AvgIpc) is 2.57. The molecule has 0 N–H and O–H groups in total. The van der Waals surface area contributed by atoms with Crippen molar-refractivity contribution < 1.29 is 9.31 Å². The van der Waals surface area contributed by atoms with Gasteiger partial charge in [-0.2, -0.15) is 0 Å². The summed E-state index contributed by atoms with van der Waals surface area (Å²) in [6.07, 6.45) is 0. The molecule has 109 valence electrons. The molecule has 2 rings (SSSR count). The van der Waals surface area contributed by atoms with E-state index in [9.17, 15) is 0 Å². The lowest BCUT2D eigenvalue weighted by atomic mass is 9.75. The summed E-state index contributed by atoms with van der Waals surface area (Å²) in [7, 11) is -0.633. The second-order valence-corrected chi connectivity index (χ2v) is 10.0. The minimum absolute atomic E-state index is 0.250. The van der Waals surface area contributed by atoms with Crippen LogP contribution in [0.3, 0.4) is 0 Å². The largest absolute Gasteiger partial charge is 0.495 e. The summed E-state index contributed by atoms with van der Waals surface area (Å²) in [5, 5.41) is 0. The van der Waals surface area contributed by atoms with Crippen LogP contribution in [0.5, 0.6) is 0 Å². The highest BCUT2D eigenvalue weighted by Gasteiger charge is 2.52. The van der Waals surface area contributed by atoms with E-state index in [2.05, 4.69) is 72.0 Å². The van der Waals surface area contributed by atoms with Gasteiger partial charge in [0.15, 0.2) is 0 Å². The van der Waals surface area contributed by atoms with Crippen molar-refractivity contribution in [2.75, 3.05) is 0 Å². The summed E-state index contributed by atoms with van der Waals surface area (Å²) in [5.41, 5.74) is 2.62. The molecule has 4 heteroatoms. The van der Waals surface area contributed by atoms with Crippen molar-refractivity contribution in [3.8, 4) is 0 Å². The standard InChI is InChI=1S/C16H26BO2Si/c1-12(20(6)7)13-10-8-9-11-14(13)17-18-15(2,3)16(4,5)19-17/h8-12H,1-7H3. The number of benzene rings is 1. The van der Waals surface area contributed by atoms with E-state index in [1.165, 1.54) is 11.0 Å². The molecule has 1 atom stereocenters. The Balaban J connectivity index is 2.36. The first-order valence-electron chi connectivity index (χ1n) is 7.40. The minimum Gasteiger partial charge on any atom is -0.399 e. The highest BCUT2D eigenvalue weighted by molar-refractivity contribution is 6.64. The molecule has 0 aromatic heterocycles. The van der Waals surface area contributed by atoms with E-state index in [4.69, 9.17) is 9.31 Å². The fourth-order valence-corrected chi connectivity index (χ4v) is 3.29. The van der Waals surface area contributed by atoms with Gasteiger partial charge in [-0.1, -0.05) is 44.3 Å². The average molecular weight is 289 g/mol. The Kier molecular flexibility index (Phi) is 4.20. The molecule has 0 bridgehead atoms. The maximum absolute atomic E-state index is 6.21. The Labute approximate surface area is 125 Å². The summed E-state index contributed by atoms with van der Waals surface area (Å²) in [4.78, 5) is 0. The fourth-order valence-electron chi connectivity index (χ4n) is 2.40. The number of rotatable bonds is 3. The van der Waals surface area contributed by atoms with E-state index >= 15 is 0 Å². The van der Waals surface area contributed by atoms with Gasteiger partial charge in [-0.15, -0.1) is 0 Å². The Morgan fingerprint density at radius 3 is 2.00 bits per heavy atom. The Hall–Kier alpha value is -0.578. The number of hydrogen-bond donors (Lipinski definition) is 0. The summed E-state index contributed by atoms with van der Waals surface area (Å²) in [5.74, 6) is 0. The zero-order valence-corrected chi connectivity index (χ0v) is 14.8. The van der Waals surface area contributed by atoms with E-state index in [1.807, 2.05) is 0 Å². The van der Waals surface area contributed by atoms with Crippen molar-refractivity contribution in [2.45, 2.75) is 64.5 Å². The van der Waals surface area contributed by atoms with Gasteiger partial charge in [0, 0.05) is 8.80 Å². The van der Waals surface area contributed by atoms with Gasteiger partial charge >= 0.3 is 7.12 Å². The molecule has 1 aromatic rings. The minimum atomic E-state index is -0.383. The summed E-state index contributed by atoms with van der Waals surface area (Å²) in [6.45, 7) is 15.5. The molecule has 0 aliphatic carbocycles. The van der Waals surface area contributed by atoms with Crippen LogP contribution in [0.25, 0.3) is 0 Å². The molecule has 2 nitrogen and oxygen atoms in total. The molecular formula is C16H26BO2Si. The molecule has 1 heterocycles. The van der Waals surface area contributed by atoms with Crippen molar-refractivity contribution in [1.29, 1.82) is 0 Å². The van der Waals surface area contributed by atoms with Crippen molar-refractivity contribution in [1.82, 2.24) is 0 Å². The van der Waals surface area contributed by atoms with Gasteiger partial charge in [-0.05, 0) is 44.3 Å². The zero-order chi connectivity index (χ0) is 15.1. The molecule has 1 saturated heterocycles. The second kappa shape index (κ2) is 5.32. The molecule has 1 aliphatic rings. The SMILES string of the molecule is CC(c1ccccc1B1OC(C)(C)C(C)(C)O1)[Si](C)C. The molecular weight excluding hydrogens is 263 g/mol. The molecule has 0 saturated carbocycles. The Morgan fingerprint density at radius 1 is 1.00 bits per heavy atom. The first-order valence-corrected chi connectivity index (χ1v) is 9.98. The van der Waals surface area contributed by atoms with Crippen LogP contribution in [0.15, 0.2) is 24.3 Å². The van der Waals surface area contributed by atoms with Crippen molar-refractivity contribution in [3.63, 3.8) is 0 Å². The molecule has 1 aromatic carbocycles. The third kappa shape index (κ3) is 2.74. The van der Waals surface area contributed by atoms with Gasteiger partial charge in [-0.3, -0.25) is 0 Å². The van der Waals surface area contributed by atoms with Crippen molar-refractivity contribution in [3.05, 3.63) is 29.8 Å². The van der Waals surface area contributed by atoms with Crippen LogP contribution in [-0.2, 0) is 9.31 Å². The van der Waals surface area contributed by atoms with Crippen molar-refractivity contribution >= 4 is 21.4 Å². The van der Waals surface area contributed by atoms with Crippen LogP contribution in [0.4, 0.5) is 0 Å². The lowest BCUT2D eigenvalue weighted by Crippen LogP contribution is -2.41. The van der Waals surface area contributed by atoms with Gasteiger partial charge in [0.05, 0.1) is 11.2 Å². The van der Waals surface area contributed by atoms with Crippen LogP contribution < -0.4 is 5.46 Å². The predicted octanol–water partition coefficient (Wildman–Crippen LogP) is 3.38. The molecule has 1 fully saturated rings. The van der Waals surface area contributed by atoms with Gasteiger partial charge in [0.2, 0.25) is 0 Å². The maximum Gasteiger partial charge on any atom is 0.495 e. The lowest BCUT2D eigenvalue weighted by Gasteiger charge is -2.32. The first-order chi connectivity index (χ1) is 9.16. The van der Waals surface area contributed by atoms with Crippen LogP contribution >= 0.6 is 0 Å². The zero-order valence-electron chi connectivity index (χ0n) is 13.8. The second-order valence-electron chi connectivity index (χ2n) is 7.02. The molecule has 1 aliphatic heterocycles. The highest BCUT2D eigenvalue weighted by atomic mass is 28.3. The summed E-state index contributed by atoms with van der Waals surface area (Å²) in [6, 6.07) is 8.57. The molecule has 1 radical (unpaired) electrons. The van der Waals surface area contributed by atoms with Gasteiger partial charge in [0.25, 0.3) is 0 Å². The molecule has 1 unspecified atom stereocenters. The van der Waals surface area contributed by atoms with E-state index in [1.54, 1.807) is 0 Å².